The summed E-state index contributed by atoms with van der Waals surface area (Å²) in [6.07, 6.45) is 11.0. The standard InChI is InChI=1S/C30H28FN/c1-2-4-22-7-9-23(10-8-22)11-12-24-14-18-29-26(5-3-6-28(29)19-24)16-17-27-15-13-25(21-32)20-30(27)31/h2-3,5-6,13-15,18-20,22-23H,1,4,7-12H2. The number of hydrogen-bond acceptors (Lipinski definition) is 1. The minimum Gasteiger partial charge on any atom is -0.206 e. The molecule has 0 N–H and O–H groups in total. The summed E-state index contributed by atoms with van der Waals surface area (Å²) in [4.78, 5) is 0. The van der Waals surface area contributed by atoms with Crippen LogP contribution in [0.1, 0.15) is 60.8 Å². The van der Waals surface area contributed by atoms with E-state index in [9.17, 15) is 4.39 Å². The Hall–Kier alpha value is -3.36. The van der Waals surface area contributed by atoms with Crippen LogP contribution in [0.4, 0.5) is 4.39 Å². The van der Waals surface area contributed by atoms with Gasteiger partial charge in [-0.05, 0) is 84.5 Å². The second kappa shape index (κ2) is 10.3. The van der Waals surface area contributed by atoms with Gasteiger partial charge in [0.1, 0.15) is 5.82 Å². The third kappa shape index (κ3) is 5.27. The van der Waals surface area contributed by atoms with E-state index < -0.39 is 5.82 Å². The number of hydrogen-bond donors (Lipinski definition) is 0. The van der Waals surface area contributed by atoms with Crippen molar-refractivity contribution in [3.05, 3.63) is 95.3 Å². The van der Waals surface area contributed by atoms with Crippen LogP contribution < -0.4 is 0 Å². The Kier molecular flexibility index (Phi) is 7.03. The van der Waals surface area contributed by atoms with Gasteiger partial charge in [-0.25, -0.2) is 4.39 Å². The van der Waals surface area contributed by atoms with Gasteiger partial charge >= 0.3 is 0 Å². The molecule has 32 heavy (non-hydrogen) atoms. The van der Waals surface area contributed by atoms with Crippen LogP contribution in [-0.4, -0.2) is 0 Å². The number of benzene rings is 3. The van der Waals surface area contributed by atoms with Crippen molar-refractivity contribution in [3.63, 3.8) is 0 Å². The normalized spacial score (nSPS) is 17.9. The Labute approximate surface area is 190 Å². The largest absolute Gasteiger partial charge is 0.206 e. The van der Waals surface area contributed by atoms with E-state index in [1.165, 1.54) is 55.5 Å². The van der Waals surface area contributed by atoms with Gasteiger partial charge in [-0.1, -0.05) is 61.1 Å². The quantitative estimate of drug-likeness (QED) is 0.308. The zero-order valence-corrected chi connectivity index (χ0v) is 18.4. The Morgan fingerprint density at radius 3 is 2.47 bits per heavy atom. The summed E-state index contributed by atoms with van der Waals surface area (Å²) >= 11 is 0. The molecule has 0 unspecified atom stereocenters. The van der Waals surface area contributed by atoms with Crippen molar-refractivity contribution in [3.8, 4) is 17.9 Å². The van der Waals surface area contributed by atoms with Crippen molar-refractivity contribution in [2.24, 2.45) is 11.8 Å². The molecule has 4 rings (SSSR count). The van der Waals surface area contributed by atoms with Crippen LogP contribution in [0.2, 0.25) is 0 Å². The molecule has 0 spiro atoms. The van der Waals surface area contributed by atoms with E-state index in [0.29, 0.717) is 11.1 Å². The molecule has 0 amide bonds. The van der Waals surface area contributed by atoms with Crippen LogP contribution >= 0.6 is 0 Å². The van der Waals surface area contributed by atoms with Crippen molar-refractivity contribution >= 4 is 10.8 Å². The number of aryl methyl sites for hydroxylation is 1. The van der Waals surface area contributed by atoms with Crippen LogP contribution in [0.15, 0.2) is 67.3 Å². The summed E-state index contributed by atoms with van der Waals surface area (Å²) in [6, 6.07) is 19.0. The third-order valence-electron chi connectivity index (χ3n) is 6.68. The summed E-state index contributed by atoms with van der Waals surface area (Å²) in [6.45, 7) is 3.88. The molecule has 0 atom stereocenters. The highest BCUT2D eigenvalue weighted by atomic mass is 19.1. The molecule has 1 aliphatic rings. The van der Waals surface area contributed by atoms with Crippen molar-refractivity contribution < 1.29 is 4.39 Å². The van der Waals surface area contributed by atoms with Gasteiger partial charge in [0.05, 0.1) is 17.2 Å². The van der Waals surface area contributed by atoms with Crippen molar-refractivity contribution in [1.82, 2.24) is 0 Å². The molecule has 1 saturated carbocycles. The Balaban J connectivity index is 1.45. The molecule has 0 bridgehead atoms. The Morgan fingerprint density at radius 1 is 0.938 bits per heavy atom. The lowest BCUT2D eigenvalue weighted by Crippen LogP contribution is -2.14. The number of nitrogens with zero attached hydrogens (tertiary/aromatic N) is 1. The number of fused-ring (bicyclic) bond motifs is 1. The first-order valence-electron chi connectivity index (χ1n) is 11.5. The topological polar surface area (TPSA) is 23.8 Å². The van der Waals surface area contributed by atoms with Crippen molar-refractivity contribution in [1.29, 1.82) is 5.26 Å². The van der Waals surface area contributed by atoms with Crippen LogP contribution in [-0.2, 0) is 6.42 Å². The Bertz CT molecular complexity index is 1210. The van der Waals surface area contributed by atoms with E-state index in [0.717, 1.165) is 29.2 Å². The molecule has 1 fully saturated rings. The fraction of sp³-hybridized carbons (Fsp3) is 0.300. The van der Waals surface area contributed by atoms with Crippen LogP contribution in [0, 0.1) is 40.8 Å². The molecule has 0 aliphatic heterocycles. The monoisotopic (exact) mass is 421 g/mol. The highest BCUT2D eigenvalue weighted by Crippen LogP contribution is 2.33. The molecule has 1 nitrogen and oxygen atoms in total. The predicted molar refractivity (Wildman–Crippen MR) is 130 cm³/mol. The second-order valence-corrected chi connectivity index (χ2v) is 8.87. The number of halogens is 1. The van der Waals surface area contributed by atoms with E-state index in [-0.39, 0.29) is 0 Å². The van der Waals surface area contributed by atoms with Crippen molar-refractivity contribution in [2.45, 2.75) is 44.9 Å². The zero-order valence-electron chi connectivity index (χ0n) is 18.4. The van der Waals surface area contributed by atoms with Crippen LogP contribution in [0.25, 0.3) is 10.8 Å². The highest BCUT2D eigenvalue weighted by molar-refractivity contribution is 5.88. The SMILES string of the molecule is C=CCC1CCC(CCc2ccc3c(C#Cc4ccc(C#N)cc4F)cccc3c2)CC1. The van der Waals surface area contributed by atoms with Gasteiger partial charge in [-0.3, -0.25) is 0 Å². The summed E-state index contributed by atoms with van der Waals surface area (Å²) in [7, 11) is 0. The molecule has 1 aliphatic carbocycles. The van der Waals surface area contributed by atoms with E-state index >= 15 is 0 Å². The molecular formula is C30H28FN. The maximum atomic E-state index is 14.1. The minimum atomic E-state index is -0.461. The van der Waals surface area contributed by atoms with Gasteiger partial charge < -0.3 is 0 Å². The summed E-state index contributed by atoms with van der Waals surface area (Å²) in [5.74, 6) is 7.27. The van der Waals surface area contributed by atoms with E-state index in [4.69, 9.17) is 5.26 Å². The summed E-state index contributed by atoms with van der Waals surface area (Å²) in [5, 5.41) is 11.1. The van der Waals surface area contributed by atoms with Crippen molar-refractivity contribution in [2.75, 3.05) is 0 Å². The van der Waals surface area contributed by atoms with Gasteiger partial charge in [0, 0.05) is 5.56 Å². The molecule has 0 saturated heterocycles. The first kappa shape index (κ1) is 21.9. The summed E-state index contributed by atoms with van der Waals surface area (Å²) in [5.41, 5.74) is 2.86. The average molecular weight is 422 g/mol. The fourth-order valence-corrected chi connectivity index (χ4v) is 4.78. The van der Waals surface area contributed by atoms with Gasteiger partial charge in [0.25, 0.3) is 0 Å². The summed E-state index contributed by atoms with van der Waals surface area (Å²) < 4.78 is 14.1. The molecule has 3 aromatic carbocycles. The molecule has 2 heteroatoms. The number of allylic oxidation sites excluding steroid dienone is 1. The smallest absolute Gasteiger partial charge is 0.140 e. The average Bonchev–Trinajstić information content (AvgIpc) is 2.82. The minimum absolute atomic E-state index is 0.301. The third-order valence-corrected chi connectivity index (χ3v) is 6.68. The number of nitriles is 1. The zero-order chi connectivity index (χ0) is 22.3. The lowest BCUT2D eigenvalue weighted by atomic mass is 9.78. The molecule has 0 aromatic heterocycles. The van der Waals surface area contributed by atoms with Gasteiger partial charge in [0.15, 0.2) is 0 Å². The Morgan fingerprint density at radius 2 is 1.72 bits per heavy atom. The maximum Gasteiger partial charge on any atom is 0.140 e. The molecule has 0 radical (unpaired) electrons. The van der Waals surface area contributed by atoms with Gasteiger partial charge in [-0.15, -0.1) is 6.58 Å². The molecule has 3 aromatic rings. The van der Waals surface area contributed by atoms with E-state index in [2.05, 4.69) is 48.8 Å². The van der Waals surface area contributed by atoms with Crippen LogP contribution in [0.5, 0.6) is 0 Å². The van der Waals surface area contributed by atoms with Gasteiger partial charge in [-0.2, -0.15) is 5.26 Å². The lowest BCUT2D eigenvalue weighted by molar-refractivity contribution is 0.265. The first-order chi connectivity index (χ1) is 15.7. The molecule has 0 heterocycles. The van der Waals surface area contributed by atoms with E-state index in [1.807, 2.05) is 18.2 Å². The second-order valence-electron chi connectivity index (χ2n) is 8.87. The fourth-order valence-electron chi connectivity index (χ4n) is 4.78. The first-order valence-corrected chi connectivity index (χ1v) is 11.5. The molecule has 160 valence electrons. The van der Waals surface area contributed by atoms with Gasteiger partial charge in [0.2, 0.25) is 0 Å². The van der Waals surface area contributed by atoms with E-state index in [1.54, 1.807) is 12.1 Å². The lowest BCUT2D eigenvalue weighted by Gasteiger charge is -2.27. The predicted octanol–water partition coefficient (Wildman–Crippen LogP) is 7.57. The highest BCUT2D eigenvalue weighted by Gasteiger charge is 2.20. The number of rotatable bonds is 5. The van der Waals surface area contributed by atoms with Crippen LogP contribution in [0.3, 0.4) is 0 Å². The maximum absolute atomic E-state index is 14.1. The molecular weight excluding hydrogens is 393 g/mol.